The number of aryl methyl sites for hydroxylation is 1. The van der Waals surface area contributed by atoms with E-state index in [0.717, 1.165) is 11.3 Å². The number of hydrogen-bond donors (Lipinski definition) is 2. The van der Waals surface area contributed by atoms with Crippen LogP contribution in [-0.2, 0) is 10.0 Å². The Kier molecular flexibility index (Phi) is 4.02. The molecule has 116 valence electrons. The molecule has 0 saturated heterocycles. The van der Waals surface area contributed by atoms with E-state index in [1.807, 2.05) is 12.1 Å². The molecule has 0 atom stereocenters. The highest BCUT2D eigenvalue weighted by atomic mass is 35.5. The lowest BCUT2D eigenvalue weighted by Gasteiger charge is -2.10. The first-order valence-electron chi connectivity index (χ1n) is 7.10. The normalized spacial score (nSPS) is 14.6. The van der Waals surface area contributed by atoms with E-state index in [0.29, 0.717) is 16.8 Å². The highest BCUT2D eigenvalue weighted by molar-refractivity contribution is 7.92. The van der Waals surface area contributed by atoms with Gasteiger partial charge in [-0.1, -0.05) is 11.6 Å². The summed E-state index contributed by atoms with van der Waals surface area (Å²) in [5.74, 6) is 0. The minimum absolute atomic E-state index is 0.203. The number of benzene rings is 2. The molecule has 1 fully saturated rings. The van der Waals surface area contributed by atoms with Crippen molar-refractivity contribution in [3.8, 4) is 0 Å². The van der Waals surface area contributed by atoms with Gasteiger partial charge in [0.2, 0.25) is 0 Å². The zero-order valence-electron chi connectivity index (χ0n) is 12.1. The Bertz CT molecular complexity index is 784. The van der Waals surface area contributed by atoms with Crippen molar-refractivity contribution < 1.29 is 8.42 Å². The first kappa shape index (κ1) is 15.2. The molecule has 0 unspecified atom stereocenters. The zero-order valence-corrected chi connectivity index (χ0v) is 13.7. The molecule has 0 bridgehead atoms. The van der Waals surface area contributed by atoms with Gasteiger partial charge in [-0.05, 0) is 67.8 Å². The monoisotopic (exact) mass is 336 g/mol. The standard InChI is InChI=1S/C16H17ClN2O2S/c1-11-10-15(8-9-16(11)17)22(20,21)19-14-6-4-13(5-7-14)18-12-2-3-12/h4-10,12,18-19H,2-3H2,1H3. The van der Waals surface area contributed by atoms with Gasteiger partial charge in [0.15, 0.2) is 0 Å². The lowest BCUT2D eigenvalue weighted by atomic mass is 10.2. The maximum atomic E-state index is 12.4. The third-order valence-corrected chi connectivity index (χ3v) is 5.33. The zero-order chi connectivity index (χ0) is 15.7. The highest BCUT2D eigenvalue weighted by Crippen LogP contribution is 2.26. The van der Waals surface area contributed by atoms with E-state index in [1.54, 1.807) is 31.2 Å². The lowest BCUT2D eigenvalue weighted by Crippen LogP contribution is -2.13. The van der Waals surface area contributed by atoms with Gasteiger partial charge in [-0.2, -0.15) is 0 Å². The van der Waals surface area contributed by atoms with Crippen molar-refractivity contribution in [1.82, 2.24) is 0 Å². The Hall–Kier alpha value is -1.72. The quantitative estimate of drug-likeness (QED) is 0.866. The van der Waals surface area contributed by atoms with E-state index in [-0.39, 0.29) is 4.90 Å². The van der Waals surface area contributed by atoms with E-state index in [4.69, 9.17) is 11.6 Å². The van der Waals surface area contributed by atoms with Gasteiger partial charge < -0.3 is 5.32 Å². The van der Waals surface area contributed by atoms with Crippen LogP contribution in [0.4, 0.5) is 11.4 Å². The molecule has 0 aliphatic heterocycles. The summed E-state index contributed by atoms with van der Waals surface area (Å²) in [7, 11) is -3.61. The number of anilines is 2. The van der Waals surface area contributed by atoms with Crippen LogP contribution in [0, 0.1) is 6.92 Å². The molecular formula is C16H17ClN2O2S. The second-order valence-corrected chi connectivity index (χ2v) is 7.60. The molecule has 3 rings (SSSR count). The Morgan fingerprint density at radius 1 is 1.05 bits per heavy atom. The summed E-state index contributed by atoms with van der Waals surface area (Å²) >= 11 is 5.93. The second-order valence-electron chi connectivity index (χ2n) is 5.51. The molecule has 22 heavy (non-hydrogen) atoms. The van der Waals surface area contributed by atoms with Crippen LogP contribution in [0.25, 0.3) is 0 Å². The predicted molar refractivity (Wildman–Crippen MR) is 90.1 cm³/mol. The van der Waals surface area contributed by atoms with Gasteiger partial charge in [0.1, 0.15) is 0 Å². The largest absolute Gasteiger partial charge is 0.382 e. The van der Waals surface area contributed by atoms with Crippen LogP contribution in [0.5, 0.6) is 0 Å². The summed E-state index contributed by atoms with van der Waals surface area (Å²) in [6.45, 7) is 1.78. The molecule has 4 nitrogen and oxygen atoms in total. The van der Waals surface area contributed by atoms with Crippen LogP contribution in [0.3, 0.4) is 0 Å². The Morgan fingerprint density at radius 2 is 1.68 bits per heavy atom. The van der Waals surface area contributed by atoms with E-state index >= 15 is 0 Å². The number of halogens is 1. The highest BCUT2D eigenvalue weighted by Gasteiger charge is 2.20. The van der Waals surface area contributed by atoms with Gasteiger partial charge in [-0.15, -0.1) is 0 Å². The van der Waals surface area contributed by atoms with Gasteiger partial charge in [0, 0.05) is 22.4 Å². The smallest absolute Gasteiger partial charge is 0.261 e. The minimum Gasteiger partial charge on any atom is -0.382 e. The predicted octanol–water partition coefficient (Wildman–Crippen LogP) is 4.02. The van der Waals surface area contributed by atoms with Crippen LogP contribution < -0.4 is 10.0 Å². The second kappa shape index (κ2) is 5.82. The van der Waals surface area contributed by atoms with E-state index < -0.39 is 10.0 Å². The molecule has 0 heterocycles. The third kappa shape index (κ3) is 3.54. The van der Waals surface area contributed by atoms with Gasteiger partial charge in [0.25, 0.3) is 10.0 Å². The van der Waals surface area contributed by atoms with Crippen LogP contribution in [0.1, 0.15) is 18.4 Å². The molecule has 6 heteroatoms. The summed E-state index contributed by atoms with van der Waals surface area (Å²) < 4.78 is 27.3. The Morgan fingerprint density at radius 3 is 2.27 bits per heavy atom. The fourth-order valence-electron chi connectivity index (χ4n) is 2.10. The van der Waals surface area contributed by atoms with Gasteiger partial charge in [0.05, 0.1) is 4.90 Å². The van der Waals surface area contributed by atoms with Crippen molar-refractivity contribution in [2.45, 2.75) is 30.7 Å². The number of hydrogen-bond acceptors (Lipinski definition) is 3. The molecule has 0 spiro atoms. The van der Waals surface area contributed by atoms with Gasteiger partial charge >= 0.3 is 0 Å². The summed E-state index contributed by atoms with van der Waals surface area (Å²) in [6, 6.07) is 12.5. The summed E-state index contributed by atoms with van der Waals surface area (Å²) in [5.41, 5.74) is 2.27. The average Bonchev–Trinajstić information content (AvgIpc) is 3.27. The minimum atomic E-state index is -3.61. The fraction of sp³-hybridized carbons (Fsp3) is 0.250. The van der Waals surface area contributed by atoms with Crippen LogP contribution in [-0.4, -0.2) is 14.5 Å². The van der Waals surface area contributed by atoms with E-state index in [9.17, 15) is 8.42 Å². The maximum Gasteiger partial charge on any atom is 0.261 e. The molecule has 0 aromatic heterocycles. The number of rotatable bonds is 5. The molecule has 1 aliphatic rings. The summed E-state index contributed by atoms with van der Waals surface area (Å²) in [6.07, 6.45) is 2.40. The lowest BCUT2D eigenvalue weighted by molar-refractivity contribution is 0.601. The molecule has 0 radical (unpaired) electrons. The van der Waals surface area contributed by atoms with Gasteiger partial charge in [-0.25, -0.2) is 8.42 Å². The molecule has 0 amide bonds. The maximum absolute atomic E-state index is 12.4. The van der Waals surface area contributed by atoms with Crippen molar-refractivity contribution in [2.24, 2.45) is 0 Å². The van der Waals surface area contributed by atoms with Crippen molar-refractivity contribution in [1.29, 1.82) is 0 Å². The first-order valence-corrected chi connectivity index (χ1v) is 8.96. The fourth-order valence-corrected chi connectivity index (χ4v) is 3.36. The Balaban J connectivity index is 1.76. The molecular weight excluding hydrogens is 320 g/mol. The molecule has 2 aromatic rings. The SMILES string of the molecule is Cc1cc(S(=O)(=O)Nc2ccc(NC3CC3)cc2)ccc1Cl. The number of sulfonamides is 1. The summed E-state index contributed by atoms with van der Waals surface area (Å²) in [5, 5.41) is 3.91. The molecule has 1 aliphatic carbocycles. The topological polar surface area (TPSA) is 58.2 Å². The van der Waals surface area contributed by atoms with Crippen molar-refractivity contribution >= 4 is 33.0 Å². The molecule has 2 aromatic carbocycles. The molecule has 1 saturated carbocycles. The van der Waals surface area contributed by atoms with Crippen molar-refractivity contribution in [3.05, 3.63) is 53.1 Å². The third-order valence-electron chi connectivity index (χ3n) is 3.52. The van der Waals surface area contributed by atoms with E-state index in [2.05, 4.69) is 10.0 Å². The van der Waals surface area contributed by atoms with E-state index in [1.165, 1.54) is 18.9 Å². The first-order chi connectivity index (χ1) is 10.4. The van der Waals surface area contributed by atoms with Crippen LogP contribution in [0.15, 0.2) is 47.4 Å². The van der Waals surface area contributed by atoms with Crippen molar-refractivity contribution in [2.75, 3.05) is 10.0 Å². The molecule has 2 N–H and O–H groups in total. The summed E-state index contributed by atoms with van der Waals surface area (Å²) in [4.78, 5) is 0.203. The van der Waals surface area contributed by atoms with Crippen molar-refractivity contribution in [3.63, 3.8) is 0 Å². The van der Waals surface area contributed by atoms with Crippen LogP contribution in [0.2, 0.25) is 5.02 Å². The Labute approximate surface area is 135 Å². The number of nitrogens with one attached hydrogen (secondary N) is 2. The van der Waals surface area contributed by atoms with Crippen LogP contribution >= 0.6 is 11.6 Å². The van der Waals surface area contributed by atoms with Gasteiger partial charge in [-0.3, -0.25) is 4.72 Å². The average molecular weight is 337 g/mol.